The topological polar surface area (TPSA) is 71.8 Å². The molecule has 4 nitrogen and oxygen atoms in total. The van der Waals surface area contributed by atoms with Gasteiger partial charge in [0.05, 0.1) is 5.54 Å². The minimum absolute atomic E-state index is 0.104. The molecule has 0 aromatic carbocycles. The van der Waals surface area contributed by atoms with Gasteiger partial charge in [0.1, 0.15) is 5.82 Å². The monoisotopic (exact) mass is 207 g/mol. The van der Waals surface area contributed by atoms with Crippen LogP contribution in [-0.2, 0) is 5.54 Å². The maximum absolute atomic E-state index is 11.3. The number of nitrogens with one attached hydrogen (secondary N) is 1. The van der Waals surface area contributed by atoms with Crippen LogP contribution in [0, 0.1) is 6.92 Å². The summed E-state index contributed by atoms with van der Waals surface area (Å²) in [5.41, 5.74) is 6.51. The molecule has 0 bridgehead atoms. The minimum Gasteiger partial charge on any atom is -0.319 e. The smallest absolute Gasteiger partial charge is 0.251 e. The second kappa shape index (κ2) is 3.77. The highest BCUT2D eigenvalue weighted by Gasteiger charge is 2.31. The van der Waals surface area contributed by atoms with Crippen molar-refractivity contribution in [3.05, 3.63) is 27.9 Å². The van der Waals surface area contributed by atoms with Crippen molar-refractivity contribution >= 4 is 0 Å². The number of hydrogen-bond donors (Lipinski definition) is 2. The SMILES string of the molecule is Cc1cc(=O)[nH]c(C2(N)CCCCC2)n1. The standard InChI is InChI=1S/C11H17N3O/c1-8-7-9(15)14-10(13-8)11(12)5-3-2-4-6-11/h7H,2-6,12H2,1H3,(H,13,14,15). The number of nitrogens with zero attached hydrogens (tertiary/aromatic N) is 1. The molecule has 82 valence electrons. The largest absolute Gasteiger partial charge is 0.319 e. The van der Waals surface area contributed by atoms with Gasteiger partial charge >= 0.3 is 0 Å². The molecular weight excluding hydrogens is 190 g/mol. The zero-order valence-electron chi connectivity index (χ0n) is 9.05. The van der Waals surface area contributed by atoms with Crippen molar-refractivity contribution < 1.29 is 0 Å². The highest BCUT2D eigenvalue weighted by Crippen LogP contribution is 2.32. The van der Waals surface area contributed by atoms with Gasteiger partial charge in [-0.2, -0.15) is 0 Å². The lowest BCUT2D eigenvalue weighted by Crippen LogP contribution is -2.41. The summed E-state index contributed by atoms with van der Waals surface area (Å²) in [5.74, 6) is 0.659. The van der Waals surface area contributed by atoms with Gasteiger partial charge in [0.25, 0.3) is 5.56 Å². The molecule has 3 N–H and O–H groups in total. The Balaban J connectivity index is 2.38. The molecule has 0 atom stereocenters. The van der Waals surface area contributed by atoms with Crippen molar-refractivity contribution in [2.75, 3.05) is 0 Å². The van der Waals surface area contributed by atoms with Crippen molar-refractivity contribution in [2.24, 2.45) is 5.73 Å². The third-order valence-electron chi connectivity index (χ3n) is 3.09. The summed E-state index contributed by atoms with van der Waals surface area (Å²) in [6, 6.07) is 1.50. The second-order valence-electron chi connectivity index (χ2n) is 4.45. The predicted molar refractivity (Wildman–Crippen MR) is 58.5 cm³/mol. The third-order valence-corrected chi connectivity index (χ3v) is 3.09. The normalized spacial score (nSPS) is 20.1. The number of aromatic nitrogens is 2. The Morgan fingerprint density at radius 2 is 2.07 bits per heavy atom. The van der Waals surface area contributed by atoms with Crippen molar-refractivity contribution in [3.63, 3.8) is 0 Å². The third kappa shape index (κ3) is 2.09. The Labute approximate surface area is 88.9 Å². The van der Waals surface area contributed by atoms with E-state index in [1.807, 2.05) is 6.92 Å². The van der Waals surface area contributed by atoms with Crippen molar-refractivity contribution in [2.45, 2.75) is 44.6 Å². The summed E-state index contributed by atoms with van der Waals surface area (Å²) in [7, 11) is 0. The number of H-pyrrole nitrogens is 1. The van der Waals surface area contributed by atoms with Crippen LogP contribution < -0.4 is 11.3 Å². The molecular formula is C11H17N3O. The van der Waals surface area contributed by atoms with E-state index in [4.69, 9.17) is 5.73 Å². The van der Waals surface area contributed by atoms with Crippen molar-refractivity contribution in [1.29, 1.82) is 0 Å². The highest BCUT2D eigenvalue weighted by atomic mass is 16.1. The maximum atomic E-state index is 11.3. The van der Waals surface area contributed by atoms with E-state index in [0.29, 0.717) is 5.82 Å². The maximum Gasteiger partial charge on any atom is 0.251 e. The van der Waals surface area contributed by atoms with Crippen LogP contribution in [0.15, 0.2) is 10.9 Å². The fourth-order valence-corrected chi connectivity index (χ4v) is 2.23. The van der Waals surface area contributed by atoms with E-state index in [1.54, 1.807) is 0 Å². The van der Waals surface area contributed by atoms with Crippen LogP contribution in [0.3, 0.4) is 0 Å². The molecule has 0 aliphatic heterocycles. The Bertz CT molecular complexity index is 405. The average molecular weight is 207 g/mol. The molecule has 1 heterocycles. The van der Waals surface area contributed by atoms with E-state index < -0.39 is 5.54 Å². The summed E-state index contributed by atoms with van der Waals surface area (Å²) in [4.78, 5) is 18.5. The molecule has 15 heavy (non-hydrogen) atoms. The van der Waals surface area contributed by atoms with Gasteiger partial charge in [-0.15, -0.1) is 0 Å². The van der Waals surface area contributed by atoms with E-state index in [2.05, 4.69) is 9.97 Å². The lowest BCUT2D eigenvalue weighted by Gasteiger charge is -2.32. The molecule has 0 unspecified atom stereocenters. The van der Waals surface area contributed by atoms with Crippen LogP contribution in [-0.4, -0.2) is 9.97 Å². The van der Waals surface area contributed by atoms with E-state index in [9.17, 15) is 4.79 Å². The van der Waals surface area contributed by atoms with Gasteiger partial charge in [-0.25, -0.2) is 4.98 Å². The van der Waals surface area contributed by atoms with Crippen molar-refractivity contribution in [3.8, 4) is 0 Å². The molecule has 1 aliphatic rings. The number of hydrogen-bond acceptors (Lipinski definition) is 3. The summed E-state index contributed by atoms with van der Waals surface area (Å²) >= 11 is 0. The van der Waals surface area contributed by atoms with E-state index in [1.165, 1.54) is 12.5 Å². The molecule has 1 fully saturated rings. The van der Waals surface area contributed by atoms with Gasteiger partial charge < -0.3 is 10.7 Å². The summed E-state index contributed by atoms with van der Waals surface area (Å²) in [6.45, 7) is 1.82. The minimum atomic E-state index is -0.413. The quantitative estimate of drug-likeness (QED) is 0.726. The molecule has 0 amide bonds. The zero-order chi connectivity index (χ0) is 10.9. The summed E-state index contributed by atoms with van der Waals surface area (Å²) < 4.78 is 0. The lowest BCUT2D eigenvalue weighted by molar-refractivity contribution is 0.286. The Morgan fingerprint density at radius 3 is 2.67 bits per heavy atom. The Morgan fingerprint density at radius 1 is 1.40 bits per heavy atom. The summed E-state index contributed by atoms with van der Waals surface area (Å²) in [5, 5.41) is 0. The molecule has 0 spiro atoms. The second-order valence-corrected chi connectivity index (χ2v) is 4.45. The first-order valence-electron chi connectivity index (χ1n) is 5.47. The van der Waals surface area contributed by atoms with Gasteiger partial charge in [-0.3, -0.25) is 4.79 Å². The highest BCUT2D eigenvalue weighted by molar-refractivity contribution is 5.10. The fraction of sp³-hybridized carbons (Fsp3) is 0.636. The lowest BCUT2D eigenvalue weighted by atomic mass is 9.82. The van der Waals surface area contributed by atoms with Gasteiger partial charge in [-0.05, 0) is 19.8 Å². The average Bonchev–Trinajstić information content (AvgIpc) is 2.17. The molecule has 0 saturated heterocycles. The molecule has 1 aliphatic carbocycles. The molecule has 4 heteroatoms. The van der Waals surface area contributed by atoms with Gasteiger partial charge in [-0.1, -0.05) is 19.3 Å². The van der Waals surface area contributed by atoms with Crippen LogP contribution in [0.5, 0.6) is 0 Å². The number of nitrogens with two attached hydrogens (primary N) is 1. The molecule has 0 radical (unpaired) electrons. The molecule has 1 aromatic heterocycles. The van der Waals surface area contributed by atoms with Crippen LogP contribution >= 0.6 is 0 Å². The summed E-state index contributed by atoms with van der Waals surface area (Å²) in [6.07, 6.45) is 5.30. The van der Waals surface area contributed by atoms with Crippen LogP contribution in [0.2, 0.25) is 0 Å². The van der Waals surface area contributed by atoms with Crippen LogP contribution in [0.25, 0.3) is 0 Å². The van der Waals surface area contributed by atoms with Crippen LogP contribution in [0.1, 0.15) is 43.6 Å². The first-order chi connectivity index (χ1) is 7.10. The van der Waals surface area contributed by atoms with E-state index in [-0.39, 0.29) is 5.56 Å². The fourth-order valence-electron chi connectivity index (χ4n) is 2.23. The van der Waals surface area contributed by atoms with Crippen molar-refractivity contribution in [1.82, 2.24) is 9.97 Å². The van der Waals surface area contributed by atoms with Gasteiger partial charge in [0, 0.05) is 11.8 Å². The number of rotatable bonds is 1. The van der Waals surface area contributed by atoms with Crippen LogP contribution in [0.4, 0.5) is 0 Å². The number of aryl methyl sites for hydroxylation is 1. The molecule has 1 saturated carbocycles. The van der Waals surface area contributed by atoms with Gasteiger partial charge in [0.2, 0.25) is 0 Å². The first kappa shape index (κ1) is 10.4. The first-order valence-corrected chi connectivity index (χ1v) is 5.47. The predicted octanol–water partition coefficient (Wildman–Crippen LogP) is 1.20. The molecule has 2 rings (SSSR count). The van der Waals surface area contributed by atoms with E-state index >= 15 is 0 Å². The van der Waals surface area contributed by atoms with Gasteiger partial charge in [0.15, 0.2) is 0 Å². The molecule has 1 aromatic rings. The Hall–Kier alpha value is -1.16. The number of aromatic amines is 1. The Kier molecular flexibility index (Phi) is 2.61. The zero-order valence-corrected chi connectivity index (χ0v) is 9.05. The van der Waals surface area contributed by atoms with E-state index in [0.717, 1.165) is 31.4 Å².